The van der Waals surface area contributed by atoms with Crippen LogP contribution in [-0.4, -0.2) is 30.1 Å². The molecule has 2 heterocycles. The summed E-state index contributed by atoms with van der Waals surface area (Å²) in [6.07, 6.45) is 4.06. The van der Waals surface area contributed by atoms with E-state index in [2.05, 4.69) is 48.3 Å². The van der Waals surface area contributed by atoms with E-state index in [1.807, 2.05) is 0 Å². The molecule has 0 spiro atoms. The van der Waals surface area contributed by atoms with Crippen molar-refractivity contribution in [1.29, 1.82) is 0 Å². The third-order valence-electron chi connectivity index (χ3n) is 4.54. The van der Waals surface area contributed by atoms with Gasteiger partial charge in [0.1, 0.15) is 0 Å². The van der Waals surface area contributed by atoms with Crippen molar-refractivity contribution in [2.75, 3.05) is 18.4 Å². The maximum absolute atomic E-state index is 3.74. The van der Waals surface area contributed by atoms with E-state index in [0.29, 0.717) is 12.0 Å². The fourth-order valence-electron chi connectivity index (χ4n) is 3.43. The minimum absolute atomic E-state index is 0.621. The highest BCUT2D eigenvalue weighted by Gasteiger charge is 2.36. The topological polar surface area (TPSA) is 15.3 Å². The predicted octanol–water partition coefficient (Wildman–Crippen LogP) is 3.46. The molecule has 0 aromatic heterocycles. The smallest absolute Gasteiger partial charge is 0.0429 e. The molecule has 0 radical (unpaired) electrons. The highest BCUT2D eigenvalue weighted by atomic mass is 15.2. The van der Waals surface area contributed by atoms with Gasteiger partial charge in [-0.15, -0.1) is 0 Å². The normalized spacial score (nSPS) is 27.7. The van der Waals surface area contributed by atoms with Crippen LogP contribution in [0.4, 0.5) is 5.69 Å². The van der Waals surface area contributed by atoms with E-state index in [4.69, 9.17) is 0 Å². The fraction of sp³-hybridized carbons (Fsp3) is 0.625. The number of hydrogen-bond donors (Lipinski definition) is 1. The standard InChI is InChI=1S/C16H24N2/c1-12(2)13-5-7-14(8-6-13)17-15-9-11-18-10-3-4-16(15)18/h5-8,12,15-17H,3-4,9-11H2,1-2H3. The van der Waals surface area contributed by atoms with Crippen LogP contribution < -0.4 is 5.32 Å². The number of anilines is 1. The summed E-state index contributed by atoms with van der Waals surface area (Å²) in [6.45, 7) is 7.09. The fourth-order valence-corrected chi connectivity index (χ4v) is 3.43. The molecule has 2 atom stereocenters. The van der Waals surface area contributed by atoms with Crippen LogP contribution in [-0.2, 0) is 0 Å². The van der Waals surface area contributed by atoms with Gasteiger partial charge in [-0.25, -0.2) is 0 Å². The molecule has 2 unspecified atom stereocenters. The molecule has 2 nitrogen and oxygen atoms in total. The molecule has 98 valence electrons. The van der Waals surface area contributed by atoms with Crippen molar-refractivity contribution in [3.05, 3.63) is 29.8 Å². The van der Waals surface area contributed by atoms with Crippen LogP contribution in [0.3, 0.4) is 0 Å². The first-order valence-corrected chi connectivity index (χ1v) is 7.34. The molecule has 1 aromatic carbocycles. The summed E-state index contributed by atoms with van der Waals surface area (Å²) in [5.74, 6) is 0.621. The molecule has 2 heteroatoms. The first-order valence-electron chi connectivity index (χ1n) is 7.34. The van der Waals surface area contributed by atoms with Crippen LogP contribution in [0.25, 0.3) is 0 Å². The first-order chi connectivity index (χ1) is 8.74. The molecule has 18 heavy (non-hydrogen) atoms. The Hall–Kier alpha value is -1.02. The van der Waals surface area contributed by atoms with E-state index in [9.17, 15) is 0 Å². The van der Waals surface area contributed by atoms with Crippen molar-refractivity contribution in [2.45, 2.75) is 51.1 Å². The first kappa shape index (κ1) is 12.0. The van der Waals surface area contributed by atoms with Crippen LogP contribution in [0.1, 0.15) is 44.6 Å². The third kappa shape index (κ3) is 2.26. The molecule has 2 fully saturated rings. The van der Waals surface area contributed by atoms with Gasteiger partial charge in [-0.05, 0) is 49.4 Å². The maximum Gasteiger partial charge on any atom is 0.0429 e. The SMILES string of the molecule is CC(C)c1ccc(NC2CCN3CCCC23)cc1. The summed E-state index contributed by atoms with van der Waals surface area (Å²) in [5, 5.41) is 3.74. The Bertz CT molecular complexity index is 396. The second-order valence-corrected chi connectivity index (χ2v) is 6.06. The molecular formula is C16H24N2. The van der Waals surface area contributed by atoms with E-state index >= 15 is 0 Å². The van der Waals surface area contributed by atoms with Crippen molar-refractivity contribution < 1.29 is 0 Å². The molecule has 2 aliphatic rings. The average molecular weight is 244 g/mol. The number of nitrogens with one attached hydrogen (secondary N) is 1. The number of hydrogen-bond acceptors (Lipinski definition) is 2. The van der Waals surface area contributed by atoms with Gasteiger partial charge >= 0.3 is 0 Å². The van der Waals surface area contributed by atoms with Crippen LogP contribution in [0.15, 0.2) is 24.3 Å². The second-order valence-electron chi connectivity index (χ2n) is 6.06. The van der Waals surface area contributed by atoms with Crippen molar-refractivity contribution in [2.24, 2.45) is 0 Å². The molecule has 1 N–H and O–H groups in total. The number of benzene rings is 1. The summed E-state index contributed by atoms with van der Waals surface area (Å²) in [6, 6.07) is 10.5. The Morgan fingerprint density at radius 1 is 1.11 bits per heavy atom. The lowest BCUT2D eigenvalue weighted by Gasteiger charge is -2.22. The van der Waals surface area contributed by atoms with E-state index in [1.54, 1.807) is 0 Å². The Kier molecular flexibility index (Phi) is 3.29. The van der Waals surface area contributed by atoms with Gasteiger partial charge in [0.2, 0.25) is 0 Å². The summed E-state index contributed by atoms with van der Waals surface area (Å²) >= 11 is 0. The summed E-state index contributed by atoms with van der Waals surface area (Å²) in [4.78, 5) is 2.65. The lowest BCUT2D eigenvalue weighted by atomic mass is 10.0. The van der Waals surface area contributed by atoms with Crippen LogP contribution in [0.5, 0.6) is 0 Å². The Morgan fingerprint density at radius 2 is 1.89 bits per heavy atom. The van der Waals surface area contributed by atoms with Crippen molar-refractivity contribution in [3.63, 3.8) is 0 Å². The van der Waals surface area contributed by atoms with Gasteiger partial charge in [-0.3, -0.25) is 4.90 Å². The molecular weight excluding hydrogens is 220 g/mol. The summed E-state index contributed by atoms with van der Waals surface area (Å²) in [5.41, 5.74) is 2.72. The molecule has 0 amide bonds. The molecule has 0 bridgehead atoms. The van der Waals surface area contributed by atoms with Crippen LogP contribution >= 0.6 is 0 Å². The van der Waals surface area contributed by atoms with Gasteiger partial charge in [0.15, 0.2) is 0 Å². The van der Waals surface area contributed by atoms with Gasteiger partial charge in [0.05, 0.1) is 0 Å². The third-order valence-corrected chi connectivity index (χ3v) is 4.54. The van der Waals surface area contributed by atoms with Crippen molar-refractivity contribution in [3.8, 4) is 0 Å². The Balaban J connectivity index is 1.65. The largest absolute Gasteiger partial charge is 0.381 e. The van der Waals surface area contributed by atoms with Crippen LogP contribution in [0, 0.1) is 0 Å². The minimum Gasteiger partial charge on any atom is -0.381 e. The number of nitrogens with zero attached hydrogens (tertiary/aromatic N) is 1. The Morgan fingerprint density at radius 3 is 2.61 bits per heavy atom. The van der Waals surface area contributed by atoms with Gasteiger partial charge in [-0.1, -0.05) is 26.0 Å². The molecule has 0 aliphatic carbocycles. The van der Waals surface area contributed by atoms with E-state index in [0.717, 1.165) is 6.04 Å². The van der Waals surface area contributed by atoms with Crippen molar-refractivity contribution >= 4 is 5.69 Å². The quantitative estimate of drug-likeness (QED) is 0.876. The minimum atomic E-state index is 0.621. The molecule has 3 rings (SSSR count). The van der Waals surface area contributed by atoms with E-state index < -0.39 is 0 Å². The van der Waals surface area contributed by atoms with Crippen molar-refractivity contribution in [1.82, 2.24) is 4.90 Å². The van der Waals surface area contributed by atoms with Gasteiger partial charge < -0.3 is 5.32 Å². The van der Waals surface area contributed by atoms with E-state index in [1.165, 1.54) is 43.6 Å². The molecule has 2 aliphatic heterocycles. The van der Waals surface area contributed by atoms with Gasteiger partial charge in [0, 0.05) is 24.3 Å². The molecule has 2 saturated heterocycles. The summed E-state index contributed by atoms with van der Waals surface area (Å²) in [7, 11) is 0. The van der Waals surface area contributed by atoms with Gasteiger partial charge in [0.25, 0.3) is 0 Å². The monoisotopic (exact) mass is 244 g/mol. The zero-order chi connectivity index (χ0) is 12.5. The van der Waals surface area contributed by atoms with Gasteiger partial charge in [-0.2, -0.15) is 0 Å². The average Bonchev–Trinajstić information content (AvgIpc) is 2.95. The number of fused-ring (bicyclic) bond motifs is 1. The Labute approximate surface area is 110 Å². The van der Waals surface area contributed by atoms with Crippen LogP contribution in [0.2, 0.25) is 0 Å². The lowest BCUT2D eigenvalue weighted by molar-refractivity contribution is 0.318. The predicted molar refractivity (Wildman–Crippen MR) is 77.2 cm³/mol. The molecule has 1 aromatic rings. The zero-order valence-corrected chi connectivity index (χ0v) is 11.5. The maximum atomic E-state index is 3.74. The zero-order valence-electron chi connectivity index (χ0n) is 11.5. The number of rotatable bonds is 3. The highest BCUT2D eigenvalue weighted by Crippen LogP contribution is 2.30. The highest BCUT2D eigenvalue weighted by molar-refractivity contribution is 5.46. The second kappa shape index (κ2) is 4.93. The van der Waals surface area contributed by atoms with E-state index in [-0.39, 0.29) is 0 Å². The molecule has 0 saturated carbocycles. The lowest BCUT2D eigenvalue weighted by Crippen LogP contribution is -2.33. The summed E-state index contributed by atoms with van der Waals surface area (Å²) < 4.78 is 0.